The Kier molecular flexibility index (Phi) is 8.88. The molecule has 0 aliphatic heterocycles. The molecule has 4 aromatic heterocycles. The third-order valence-electron chi connectivity index (χ3n) is 9.78. The largest absolute Gasteiger partial charge is 0.248 e. The van der Waals surface area contributed by atoms with Gasteiger partial charge in [-0.15, -0.1) is 22.7 Å². The molecule has 0 fully saturated rings. The smallest absolute Gasteiger partial charge is 0.124 e. The van der Waals surface area contributed by atoms with Crippen molar-refractivity contribution in [3.05, 3.63) is 217 Å². The van der Waals surface area contributed by atoms with Crippen molar-refractivity contribution in [3.8, 4) is 43.7 Å². The quantitative estimate of drug-likeness (QED) is 0.155. The molecule has 0 aliphatic rings. The normalized spacial score (nSPS) is 11.2. The van der Waals surface area contributed by atoms with Crippen LogP contribution in [0.25, 0.3) is 75.2 Å². The van der Waals surface area contributed by atoms with Crippen LogP contribution in [0.2, 0.25) is 0 Å². The summed E-state index contributed by atoms with van der Waals surface area (Å²) < 4.78 is 2.33. The highest BCUT2D eigenvalue weighted by Crippen LogP contribution is 2.41. The van der Waals surface area contributed by atoms with Crippen molar-refractivity contribution in [2.24, 2.45) is 0 Å². The van der Waals surface area contributed by atoms with Gasteiger partial charge in [-0.2, -0.15) is 0 Å². The van der Waals surface area contributed by atoms with Crippen LogP contribution in [0.3, 0.4) is 0 Å². The van der Waals surface area contributed by atoms with E-state index in [0.29, 0.717) is 0 Å². The molecule has 0 atom stereocenters. The van der Waals surface area contributed by atoms with Gasteiger partial charge in [-0.05, 0) is 71.8 Å². The minimum absolute atomic E-state index is 0.829. The highest BCUT2D eigenvalue weighted by Gasteiger charge is 2.22. The van der Waals surface area contributed by atoms with Gasteiger partial charge in [0.25, 0.3) is 0 Å². The lowest BCUT2D eigenvalue weighted by Crippen LogP contribution is -2.03. The molecule has 0 saturated heterocycles. The van der Waals surface area contributed by atoms with Crippen molar-refractivity contribution in [1.82, 2.24) is 19.9 Å². The summed E-state index contributed by atoms with van der Waals surface area (Å²) in [6.07, 6.45) is 0. The van der Waals surface area contributed by atoms with E-state index in [1.54, 1.807) is 22.7 Å². The standard InChI is InChI=1S/C50H32N4S2/c1-3-15-33(16-4-1)39-25-13-27-43(51-39)48(44-28-14-26-40(52-44)34-17-5-2-6-18-34)47(35-19-11-21-37(31-35)49-53-41-23-7-9-29-45(41)55-49)36-20-12-22-38(32-36)50-54-42-24-8-10-30-46(42)56-50/h1-32H. The molecular weight excluding hydrogens is 721 g/mol. The number of pyridine rings is 2. The van der Waals surface area contributed by atoms with E-state index in [2.05, 4.69) is 170 Å². The number of hydrogen-bond acceptors (Lipinski definition) is 6. The number of nitrogens with zero attached hydrogens (tertiary/aromatic N) is 4. The second-order valence-corrected chi connectivity index (χ2v) is 15.5. The van der Waals surface area contributed by atoms with Gasteiger partial charge in [0.05, 0.1) is 43.2 Å². The third-order valence-corrected chi connectivity index (χ3v) is 12.0. The maximum Gasteiger partial charge on any atom is 0.124 e. The molecule has 0 amide bonds. The summed E-state index contributed by atoms with van der Waals surface area (Å²) >= 11 is 3.42. The highest BCUT2D eigenvalue weighted by atomic mass is 32.1. The summed E-state index contributed by atoms with van der Waals surface area (Å²) in [6, 6.07) is 67.4. The lowest BCUT2D eigenvalue weighted by atomic mass is 9.88. The van der Waals surface area contributed by atoms with Gasteiger partial charge in [0.1, 0.15) is 10.0 Å². The summed E-state index contributed by atoms with van der Waals surface area (Å²) in [5.41, 5.74) is 13.7. The Morgan fingerprint density at radius 2 is 0.732 bits per heavy atom. The van der Waals surface area contributed by atoms with Crippen molar-refractivity contribution >= 4 is 54.3 Å². The lowest BCUT2D eigenvalue weighted by molar-refractivity contribution is 1.22. The number of hydrogen-bond donors (Lipinski definition) is 0. The fraction of sp³-hybridized carbons (Fsp3) is 0. The van der Waals surface area contributed by atoms with Gasteiger partial charge in [0.2, 0.25) is 0 Å². The zero-order valence-electron chi connectivity index (χ0n) is 30.1. The number of fused-ring (bicyclic) bond motifs is 2. The van der Waals surface area contributed by atoms with Crippen molar-refractivity contribution in [1.29, 1.82) is 0 Å². The minimum atomic E-state index is 0.829. The summed E-state index contributed by atoms with van der Waals surface area (Å²) in [5.74, 6) is 0. The molecule has 56 heavy (non-hydrogen) atoms. The van der Waals surface area contributed by atoms with E-state index in [1.807, 2.05) is 24.3 Å². The first-order valence-electron chi connectivity index (χ1n) is 18.5. The first kappa shape index (κ1) is 33.7. The van der Waals surface area contributed by atoms with Crippen LogP contribution in [0.15, 0.2) is 194 Å². The highest BCUT2D eigenvalue weighted by molar-refractivity contribution is 7.22. The number of aromatic nitrogens is 4. The maximum atomic E-state index is 5.39. The summed E-state index contributed by atoms with van der Waals surface area (Å²) in [6.45, 7) is 0. The molecule has 4 nitrogen and oxygen atoms in total. The van der Waals surface area contributed by atoms with Gasteiger partial charge in [-0.1, -0.05) is 133 Å². The van der Waals surface area contributed by atoms with Crippen LogP contribution in [0.5, 0.6) is 0 Å². The van der Waals surface area contributed by atoms with Gasteiger partial charge in [0, 0.05) is 33.4 Å². The zero-order chi connectivity index (χ0) is 37.3. The van der Waals surface area contributed by atoms with E-state index in [0.717, 1.165) is 97.8 Å². The molecule has 0 spiro atoms. The summed E-state index contributed by atoms with van der Waals surface area (Å²) in [5, 5.41) is 1.95. The van der Waals surface area contributed by atoms with E-state index < -0.39 is 0 Å². The first-order valence-corrected chi connectivity index (χ1v) is 20.1. The predicted octanol–water partition coefficient (Wildman–Crippen LogP) is 13.4. The van der Waals surface area contributed by atoms with Gasteiger partial charge in [0.15, 0.2) is 0 Å². The first-order chi connectivity index (χ1) is 27.7. The number of benzene rings is 6. The van der Waals surface area contributed by atoms with Crippen molar-refractivity contribution < 1.29 is 0 Å². The van der Waals surface area contributed by atoms with Gasteiger partial charge in [-0.3, -0.25) is 0 Å². The molecule has 0 unspecified atom stereocenters. The Morgan fingerprint density at radius 3 is 1.20 bits per heavy atom. The van der Waals surface area contributed by atoms with E-state index in [9.17, 15) is 0 Å². The number of rotatable bonds is 8. The Balaban J connectivity index is 1.26. The molecule has 0 N–H and O–H groups in total. The fourth-order valence-corrected chi connectivity index (χ4v) is 9.06. The lowest BCUT2D eigenvalue weighted by Gasteiger charge is -2.19. The van der Waals surface area contributed by atoms with Crippen LogP contribution in [-0.4, -0.2) is 19.9 Å². The molecule has 0 aliphatic carbocycles. The zero-order valence-corrected chi connectivity index (χ0v) is 31.7. The van der Waals surface area contributed by atoms with Crippen molar-refractivity contribution in [2.75, 3.05) is 0 Å². The van der Waals surface area contributed by atoms with E-state index >= 15 is 0 Å². The second kappa shape index (κ2) is 14.8. The molecule has 6 heteroatoms. The molecule has 264 valence electrons. The van der Waals surface area contributed by atoms with E-state index in [-0.39, 0.29) is 0 Å². The maximum absolute atomic E-state index is 5.39. The average Bonchev–Trinajstić information content (AvgIpc) is 3.92. The monoisotopic (exact) mass is 752 g/mol. The van der Waals surface area contributed by atoms with E-state index in [4.69, 9.17) is 19.9 Å². The Morgan fingerprint density at radius 1 is 0.321 bits per heavy atom. The average molecular weight is 753 g/mol. The van der Waals surface area contributed by atoms with Crippen LogP contribution < -0.4 is 0 Å². The number of thiazole rings is 2. The second-order valence-electron chi connectivity index (χ2n) is 13.4. The summed E-state index contributed by atoms with van der Waals surface area (Å²) in [4.78, 5) is 20.9. The van der Waals surface area contributed by atoms with Crippen molar-refractivity contribution in [3.63, 3.8) is 0 Å². The fourth-order valence-electron chi connectivity index (χ4n) is 7.14. The Bertz CT molecular complexity index is 2770. The Hall–Kier alpha value is -6.86. The van der Waals surface area contributed by atoms with Crippen LogP contribution in [0, 0.1) is 0 Å². The number of para-hydroxylation sites is 2. The molecule has 0 radical (unpaired) electrons. The van der Waals surface area contributed by atoms with Gasteiger partial charge >= 0.3 is 0 Å². The topological polar surface area (TPSA) is 51.6 Å². The molecule has 10 aromatic rings. The molecule has 4 heterocycles. The molecule has 0 bridgehead atoms. The predicted molar refractivity (Wildman–Crippen MR) is 234 cm³/mol. The van der Waals surface area contributed by atoms with Crippen LogP contribution in [-0.2, 0) is 0 Å². The van der Waals surface area contributed by atoms with E-state index in [1.165, 1.54) is 0 Å². The minimum Gasteiger partial charge on any atom is -0.248 e. The van der Waals surface area contributed by atoms with Crippen molar-refractivity contribution in [2.45, 2.75) is 0 Å². The molecular formula is C50H32N4S2. The summed E-state index contributed by atoms with van der Waals surface area (Å²) in [7, 11) is 0. The third kappa shape index (κ3) is 6.62. The van der Waals surface area contributed by atoms with Crippen LogP contribution >= 0.6 is 22.7 Å². The van der Waals surface area contributed by atoms with Crippen LogP contribution in [0.1, 0.15) is 22.5 Å². The van der Waals surface area contributed by atoms with Crippen LogP contribution in [0.4, 0.5) is 0 Å². The van der Waals surface area contributed by atoms with Gasteiger partial charge < -0.3 is 0 Å². The van der Waals surface area contributed by atoms with Gasteiger partial charge in [-0.25, -0.2) is 19.9 Å². The SMILES string of the molecule is c1ccc(-c2cccc(C(=C(c3cccc(-c4nc5ccccc5s4)c3)c3cccc(-c4nc5ccccc5s4)c3)c3cccc(-c4ccccc4)n3)n2)cc1. The molecule has 6 aromatic carbocycles. The molecule has 0 saturated carbocycles. The molecule has 10 rings (SSSR count). The Labute approximate surface area is 332 Å².